The van der Waals surface area contributed by atoms with Crippen LogP contribution in [0.15, 0.2) is 23.7 Å². The maximum atomic E-state index is 13.5. The van der Waals surface area contributed by atoms with Gasteiger partial charge in [0.25, 0.3) is 0 Å². The van der Waals surface area contributed by atoms with Gasteiger partial charge in [-0.3, -0.25) is 0 Å². The number of halogens is 6. The van der Waals surface area contributed by atoms with Gasteiger partial charge in [0.2, 0.25) is 5.60 Å². The molecule has 1 aromatic heterocycles. The molecule has 1 N–H and O–H groups in total. The van der Waals surface area contributed by atoms with Crippen LogP contribution in [-0.2, 0) is 11.8 Å². The summed E-state index contributed by atoms with van der Waals surface area (Å²) in [7, 11) is 0. The fourth-order valence-corrected chi connectivity index (χ4v) is 3.12. The molecular formula is C14H8F6N2OS. The summed E-state index contributed by atoms with van der Waals surface area (Å²) in [5.41, 5.74) is -7.94. The molecule has 1 heterocycles. The van der Waals surface area contributed by atoms with Crippen LogP contribution in [0.2, 0.25) is 0 Å². The minimum Gasteiger partial charge on any atom is -0.370 e. The SMILES string of the molecule is Cc1c(C(O)(c2nccs2)C(F)(F)F)ccc(C#N)c1C(F)(F)F. The van der Waals surface area contributed by atoms with E-state index in [4.69, 9.17) is 5.26 Å². The first kappa shape index (κ1) is 18.2. The first-order valence-corrected chi connectivity index (χ1v) is 7.13. The fraction of sp³-hybridized carbons (Fsp3) is 0.286. The van der Waals surface area contributed by atoms with Crippen molar-refractivity contribution in [2.45, 2.75) is 24.9 Å². The number of aliphatic hydroxyl groups is 1. The molecule has 128 valence electrons. The van der Waals surface area contributed by atoms with Crippen LogP contribution >= 0.6 is 11.3 Å². The van der Waals surface area contributed by atoms with Crippen molar-refractivity contribution in [2.75, 3.05) is 0 Å². The van der Waals surface area contributed by atoms with Crippen molar-refractivity contribution in [3.63, 3.8) is 0 Å². The highest BCUT2D eigenvalue weighted by Gasteiger charge is 2.59. The molecule has 0 bridgehead atoms. The molecule has 2 rings (SSSR count). The average Bonchev–Trinajstić information content (AvgIpc) is 2.97. The van der Waals surface area contributed by atoms with Crippen molar-refractivity contribution < 1.29 is 31.4 Å². The summed E-state index contributed by atoms with van der Waals surface area (Å²) in [4.78, 5) is 3.41. The predicted molar refractivity (Wildman–Crippen MR) is 72.1 cm³/mol. The van der Waals surface area contributed by atoms with Crippen molar-refractivity contribution in [3.05, 3.63) is 51.0 Å². The summed E-state index contributed by atoms with van der Waals surface area (Å²) < 4.78 is 80.1. The van der Waals surface area contributed by atoms with E-state index in [1.165, 1.54) is 6.07 Å². The molecule has 0 aliphatic rings. The van der Waals surface area contributed by atoms with E-state index in [-0.39, 0.29) is 0 Å². The third-order valence-electron chi connectivity index (χ3n) is 3.41. The molecule has 0 saturated heterocycles. The van der Waals surface area contributed by atoms with Crippen molar-refractivity contribution in [2.24, 2.45) is 0 Å². The highest BCUT2D eigenvalue weighted by atomic mass is 32.1. The lowest BCUT2D eigenvalue weighted by Crippen LogP contribution is -2.44. The van der Waals surface area contributed by atoms with Crippen LogP contribution in [0.5, 0.6) is 0 Å². The van der Waals surface area contributed by atoms with E-state index in [9.17, 15) is 31.4 Å². The minimum absolute atomic E-state index is 0.456. The van der Waals surface area contributed by atoms with E-state index in [2.05, 4.69) is 4.98 Å². The van der Waals surface area contributed by atoms with Crippen LogP contribution in [0, 0.1) is 18.3 Å². The van der Waals surface area contributed by atoms with Gasteiger partial charge >= 0.3 is 12.4 Å². The number of alkyl halides is 6. The third kappa shape index (κ3) is 2.74. The third-order valence-corrected chi connectivity index (χ3v) is 4.29. The number of benzene rings is 1. The Bertz CT molecular complexity index is 791. The average molecular weight is 366 g/mol. The number of hydrogen-bond acceptors (Lipinski definition) is 4. The van der Waals surface area contributed by atoms with Crippen molar-refractivity contribution >= 4 is 11.3 Å². The van der Waals surface area contributed by atoms with E-state index in [0.717, 1.165) is 18.5 Å². The zero-order chi connectivity index (χ0) is 18.3. The summed E-state index contributed by atoms with van der Waals surface area (Å²) >= 11 is 0.456. The van der Waals surface area contributed by atoms with Gasteiger partial charge in [0.1, 0.15) is 5.01 Å². The van der Waals surface area contributed by atoms with E-state index in [0.29, 0.717) is 23.5 Å². The molecule has 0 fully saturated rings. The van der Waals surface area contributed by atoms with Crippen molar-refractivity contribution in [1.82, 2.24) is 4.98 Å². The Labute approximate surface area is 135 Å². The number of rotatable bonds is 2. The number of nitrogens with zero attached hydrogens (tertiary/aromatic N) is 2. The zero-order valence-electron chi connectivity index (χ0n) is 11.8. The highest BCUT2D eigenvalue weighted by molar-refractivity contribution is 7.09. The van der Waals surface area contributed by atoms with Gasteiger partial charge in [-0.2, -0.15) is 31.6 Å². The van der Waals surface area contributed by atoms with Crippen LogP contribution < -0.4 is 0 Å². The normalized spacial score (nSPS) is 15.0. The molecule has 0 aliphatic heterocycles. The van der Waals surface area contributed by atoms with Crippen LogP contribution in [0.4, 0.5) is 26.3 Å². The van der Waals surface area contributed by atoms with E-state index >= 15 is 0 Å². The topological polar surface area (TPSA) is 56.9 Å². The summed E-state index contributed by atoms with van der Waals surface area (Å²) in [5.74, 6) is 0. The summed E-state index contributed by atoms with van der Waals surface area (Å²) in [5, 5.41) is 19.4. The quantitative estimate of drug-likeness (QED) is 0.813. The minimum atomic E-state index is -5.31. The Morgan fingerprint density at radius 2 is 1.79 bits per heavy atom. The second kappa shape index (κ2) is 5.75. The van der Waals surface area contributed by atoms with Gasteiger partial charge in [-0.05, 0) is 18.6 Å². The number of aromatic nitrogens is 1. The maximum Gasteiger partial charge on any atom is 0.428 e. The Hall–Kier alpha value is -2.12. The summed E-state index contributed by atoms with van der Waals surface area (Å²) in [6, 6.07) is 2.57. The van der Waals surface area contributed by atoms with Gasteiger partial charge in [-0.25, -0.2) is 4.98 Å². The molecule has 1 aromatic carbocycles. The predicted octanol–water partition coefficient (Wildman–Crippen LogP) is 4.14. The van der Waals surface area contributed by atoms with E-state index < -0.39 is 45.2 Å². The van der Waals surface area contributed by atoms with Gasteiger partial charge in [0.05, 0.1) is 17.2 Å². The Morgan fingerprint density at radius 1 is 1.17 bits per heavy atom. The fourth-order valence-electron chi connectivity index (χ4n) is 2.35. The highest BCUT2D eigenvalue weighted by Crippen LogP contribution is 2.48. The summed E-state index contributed by atoms with van der Waals surface area (Å²) in [6.07, 6.45) is -9.37. The van der Waals surface area contributed by atoms with Crippen LogP contribution in [0.3, 0.4) is 0 Å². The maximum absolute atomic E-state index is 13.5. The Balaban J connectivity index is 2.87. The Morgan fingerprint density at radius 3 is 2.21 bits per heavy atom. The second-order valence-electron chi connectivity index (χ2n) is 4.82. The standard InChI is InChI=1S/C14H8F6N2OS/c1-7-9(3-2-8(6-21)10(7)13(15,16)17)12(23,14(18,19)20)11-22-4-5-24-11/h2-5,23H,1H3. The second-order valence-corrected chi connectivity index (χ2v) is 5.71. The molecule has 0 radical (unpaired) electrons. The monoisotopic (exact) mass is 366 g/mol. The van der Waals surface area contributed by atoms with Gasteiger partial charge in [0.15, 0.2) is 0 Å². The first-order chi connectivity index (χ1) is 10.9. The molecule has 1 unspecified atom stereocenters. The molecular weight excluding hydrogens is 358 g/mol. The molecule has 0 saturated carbocycles. The van der Waals surface area contributed by atoms with Gasteiger partial charge in [0, 0.05) is 17.1 Å². The molecule has 0 spiro atoms. The molecule has 1 atom stereocenters. The zero-order valence-corrected chi connectivity index (χ0v) is 12.6. The lowest BCUT2D eigenvalue weighted by molar-refractivity contribution is -0.248. The smallest absolute Gasteiger partial charge is 0.370 e. The lowest BCUT2D eigenvalue weighted by Gasteiger charge is -2.31. The lowest BCUT2D eigenvalue weighted by atomic mass is 9.85. The molecule has 0 aliphatic carbocycles. The number of hydrogen-bond donors (Lipinski definition) is 1. The molecule has 10 heteroatoms. The Kier molecular flexibility index (Phi) is 4.37. The molecule has 2 aromatic rings. The van der Waals surface area contributed by atoms with E-state index in [1.54, 1.807) is 0 Å². The number of thiazole rings is 1. The van der Waals surface area contributed by atoms with Crippen LogP contribution in [0.25, 0.3) is 0 Å². The van der Waals surface area contributed by atoms with Gasteiger partial charge < -0.3 is 5.11 Å². The van der Waals surface area contributed by atoms with Crippen LogP contribution in [-0.4, -0.2) is 16.3 Å². The van der Waals surface area contributed by atoms with Crippen LogP contribution in [0.1, 0.15) is 27.3 Å². The number of nitriles is 1. The molecule has 0 amide bonds. The molecule has 24 heavy (non-hydrogen) atoms. The summed E-state index contributed by atoms with van der Waals surface area (Å²) in [6.45, 7) is 0.781. The van der Waals surface area contributed by atoms with Crippen molar-refractivity contribution in [3.8, 4) is 6.07 Å². The molecule has 3 nitrogen and oxygen atoms in total. The first-order valence-electron chi connectivity index (χ1n) is 6.25. The van der Waals surface area contributed by atoms with E-state index in [1.807, 2.05) is 0 Å². The van der Waals surface area contributed by atoms with Gasteiger partial charge in [-0.1, -0.05) is 6.07 Å². The largest absolute Gasteiger partial charge is 0.428 e. The van der Waals surface area contributed by atoms with Crippen molar-refractivity contribution in [1.29, 1.82) is 5.26 Å². The van der Waals surface area contributed by atoms with Gasteiger partial charge in [-0.15, -0.1) is 11.3 Å².